The van der Waals surface area contributed by atoms with E-state index in [-0.39, 0.29) is 17.3 Å². The van der Waals surface area contributed by atoms with Gasteiger partial charge in [-0.05, 0) is 43.4 Å². The van der Waals surface area contributed by atoms with Gasteiger partial charge in [0.05, 0.1) is 25.2 Å². The molecule has 7 heteroatoms. The van der Waals surface area contributed by atoms with Crippen molar-refractivity contribution in [3.63, 3.8) is 0 Å². The highest BCUT2D eigenvalue weighted by atomic mass is 16.5. The molecule has 0 radical (unpaired) electrons. The predicted molar refractivity (Wildman–Crippen MR) is 119 cm³/mol. The minimum absolute atomic E-state index is 0.107. The SMILES string of the molecule is COc1cccc(-n2c(=O)n(CC3CC3)c(=O)c3c2ncn3C(C)c2ccccc2)c1. The highest BCUT2D eigenvalue weighted by molar-refractivity contribution is 5.73. The first-order valence-corrected chi connectivity index (χ1v) is 10.5. The minimum atomic E-state index is -0.365. The van der Waals surface area contributed by atoms with Crippen LogP contribution in [0.15, 0.2) is 70.5 Å². The Balaban J connectivity index is 1.79. The number of rotatable bonds is 6. The van der Waals surface area contributed by atoms with Crippen LogP contribution >= 0.6 is 0 Å². The number of fused-ring (bicyclic) bond motifs is 1. The Bertz CT molecular complexity index is 1360. The van der Waals surface area contributed by atoms with E-state index >= 15 is 0 Å². The van der Waals surface area contributed by atoms with Crippen LogP contribution in [0.1, 0.15) is 31.4 Å². The molecular weight excluding hydrogens is 392 g/mol. The summed E-state index contributed by atoms with van der Waals surface area (Å²) in [6, 6.07) is 17.1. The number of imidazole rings is 1. The third kappa shape index (κ3) is 3.36. The second kappa shape index (κ2) is 7.58. The van der Waals surface area contributed by atoms with E-state index in [0.717, 1.165) is 18.4 Å². The molecule has 2 aromatic carbocycles. The van der Waals surface area contributed by atoms with Crippen molar-refractivity contribution in [1.82, 2.24) is 18.7 Å². The molecule has 1 aliphatic carbocycles. The van der Waals surface area contributed by atoms with Crippen molar-refractivity contribution in [2.45, 2.75) is 32.4 Å². The minimum Gasteiger partial charge on any atom is -0.497 e. The van der Waals surface area contributed by atoms with Crippen molar-refractivity contribution in [2.24, 2.45) is 5.92 Å². The molecular formula is C24H24N4O3. The highest BCUT2D eigenvalue weighted by Crippen LogP contribution is 2.30. The third-order valence-corrected chi connectivity index (χ3v) is 6.00. The number of hydrogen-bond donors (Lipinski definition) is 0. The van der Waals surface area contributed by atoms with Crippen molar-refractivity contribution in [2.75, 3.05) is 7.11 Å². The van der Waals surface area contributed by atoms with Gasteiger partial charge in [0.25, 0.3) is 5.56 Å². The summed E-state index contributed by atoms with van der Waals surface area (Å²) in [6.45, 7) is 2.46. The fraction of sp³-hybridized carbons (Fsp3) is 0.292. The molecule has 1 fully saturated rings. The van der Waals surface area contributed by atoms with Crippen LogP contribution in [-0.2, 0) is 6.54 Å². The van der Waals surface area contributed by atoms with Crippen LogP contribution in [-0.4, -0.2) is 25.8 Å². The lowest BCUT2D eigenvalue weighted by atomic mass is 10.1. The van der Waals surface area contributed by atoms with Crippen molar-refractivity contribution >= 4 is 11.2 Å². The van der Waals surface area contributed by atoms with Gasteiger partial charge in [0.15, 0.2) is 11.2 Å². The van der Waals surface area contributed by atoms with E-state index in [1.54, 1.807) is 19.5 Å². The molecule has 0 spiro atoms. The van der Waals surface area contributed by atoms with Gasteiger partial charge in [0, 0.05) is 12.6 Å². The molecule has 0 saturated heterocycles. The molecule has 158 valence electrons. The number of aromatic nitrogens is 4. The quantitative estimate of drug-likeness (QED) is 0.483. The van der Waals surface area contributed by atoms with Crippen LogP contribution in [0.4, 0.5) is 0 Å². The summed E-state index contributed by atoms with van der Waals surface area (Å²) in [5, 5.41) is 0. The van der Waals surface area contributed by atoms with Crippen LogP contribution in [0, 0.1) is 5.92 Å². The fourth-order valence-corrected chi connectivity index (χ4v) is 4.03. The van der Waals surface area contributed by atoms with Crippen molar-refractivity contribution in [1.29, 1.82) is 0 Å². The Morgan fingerprint density at radius 1 is 1.10 bits per heavy atom. The molecule has 7 nitrogen and oxygen atoms in total. The Kier molecular flexibility index (Phi) is 4.73. The zero-order valence-electron chi connectivity index (χ0n) is 17.6. The predicted octanol–water partition coefficient (Wildman–Crippen LogP) is 3.38. The maximum absolute atomic E-state index is 13.5. The van der Waals surface area contributed by atoms with Crippen LogP contribution < -0.4 is 16.0 Å². The smallest absolute Gasteiger partial charge is 0.337 e. The monoisotopic (exact) mass is 416 g/mol. The lowest BCUT2D eigenvalue weighted by Gasteiger charge is -2.16. The topological polar surface area (TPSA) is 71.1 Å². The van der Waals surface area contributed by atoms with Gasteiger partial charge in [-0.25, -0.2) is 14.3 Å². The standard InChI is InChI=1S/C24H24N4O3/c1-16(18-7-4-3-5-8-18)27-15-25-22-21(27)23(29)26(14-17-11-12-17)24(30)28(22)19-9-6-10-20(13-19)31-2/h3-10,13,15-17H,11-12,14H2,1-2H3. The van der Waals surface area contributed by atoms with E-state index in [1.165, 1.54) is 9.13 Å². The molecule has 0 N–H and O–H groups in total. The lowest BCUT2D eigenvalue weighted by Crippen LogP contribution is -2.40. The van der Waals surface area contributed by atoms with E-state index in [4.69, 9.17) is 4.74 Å². The van der Waals surface area contributed by atoms with Crippen LogP contribution in [0.2, 0.25) is 0 Å². The average Bonchev–Trinajstić information content (AvgIpc) is 3.53. The summed E-state index contributed by atoms with van der Waals surface area (Å²) in [5.74, 6) is 1.01. The third-order valence-electron chi connectivity index (χ3n) is 6.00. The molecule has 4 aromatic rings. The maximum Gasteiger partial charge on any atom is 0.337 e. The average molecular weight is 416 g/mol. The summed E-state index contributed by atoms with van der Waals surface area (Å²) in [7, 11) is 1.59. The summed E-state index contributed by atoms with van der Waals surface area (Å²) in [4.78, 5) is 31.5. The first-order chi connectivity index (χ1) is 15.1. The number of hydrogen-bond acceptors (Lipinski definition) is 4. The van der Waals surface area contributed by atoms with E-state index in [9.17, 15) is 9.59 Å². The Morgan fingerprint density at radius 2 is 1.87 bits per heavy atom. The molecule has 0 amide bonds. The molecule has 1 aliphatic rings. The second-order valence-electron chi connectivity index (χ2n) is 8.09. The van der Waals surface area contributed by atoms with Gasteiger partial charge in [-0.1, -0.05) is 36.4 Å². The molecule has 1 unspecified atom stereocenters. The summed E-state index contributed by atoms with van der Waals surface area (Å²) in [6.07, 6.45) is 3.74. The molecule has 1 atom stereocenters. The van der Waals surface area contributed by atoms with Crippen LogP contribution in [0.5, 0.6) is 5.75 Å². The first-order valence-electron chi connectivity index (χ1n) is 10.5. The van der Waals surface area contributed by atoms with Crippen LogP contribution in [0.3, 0.4) is 0 Å². The van der Waals surface area contributed by atoms with Gasteiger partial charge < -0.3 is 9.30 Å². The zero-order valence-corrected chi connectivity index (χ0v) is 17.6. The Morgan fingerprint density at radius 3 is 2.58 bits per heavy atom. The molecule has 2 aromatic heterocycles. The highest BCUT2D eigenvalue weighted by Gasteiger charge is 2.27. The largest absolute Gasteiger partial charge is 0.497 e. The van der Waals surface area contributed by atoms with Crippen molar-refractivity contribution < 1.29 is 4.74 Å². The Labute approximate surface area is 179 Å². The van der Waals surface area contributed by atoms with E-state index in [1.807, 2.05) is 60.0 Å². The second-order valence-corrected chi connectivity index (χ2v) is 8.09. The molecule has 31 heavy (non-hydrogen) atoms. The van der Waals surface area contributed by atoms with Gasteiger partial charge in [-0.3, -0.25) is 9.36 Å². The molecule has 5 rings (SSSR count). The summed E-state index contributed by atoms with van der Waals surface area (Å²) >= 11 is 0. The van der Waals surface area contributed by atoms with Crippen molar-refractivity contribution in [3.05, 3.63) is 87.3 Å². The number of benzene rings is 2. The van der Waals surface area contributed by atoms with Gasteiger partial charge in [0.2, 0.25) is 0 Å². The molecule has 0 aliphatic heterocycles. The van der Waals surface area contributed by atoms with Crippen molar-refractivity contribution in [3.8, 4) is 11.4 Å². The van der Waals surface area contributed by atoms with Gasteiger partial charge >= 0.3 is 5.69 Å². The first kappa shape index (κ1) is 19.4. The van der Waals surface area contributed by atoms with E-state index in [0.29, 0.717) is 35.1 Å². The van der Waals surface area contributed by atoms with Crippen LogP contribution in [0.25, 0.3) is 16.9 Å². The zero-order chi connectivity index (χ0) is 21.5. The van der Waals surface area contributed by atoms with E-state index in [2.05, 4.69) is 4.98 Å². The number of methoxy groups -OCH3 is 1. The lowest BCUT2D eigenvalue weighted by molar-refractivity contribution is 0.414. The molecule has 1 saturated carbocycles. The summed E-state index contributed by atoms with van der Waals surface area (Å²) < 4.78 is 10.1. The maximum atomic E-state index is 13.5. The Hall–Kier alpha value is -3.61. The normalized spacial score (nSPS) is 14.6. The fourth-order valence-electron chi connectivity index (χ4n) is 4.03. The van der Waals surface area contributed by atoms with Gasteiger partial charge in [-0.15, -0.1) is 0 Å². The molecule has 2 heterocycles. The molecule has 0 bridgehead atoms. The van der Waals surface area contributed by atoms with Gasteiger partial charge in [0.1, 0.15) is 5.75 Å². The van der Waals surface area contributed by atoms with E-state index < -0.39 is 0 Å². The number of nitrogens with zero attached hydrogens (tertiary/aromatic N) is 4. The number of ether oxygens (including phenoxy) is 1. The summed E-state index contributed by atoms with van der Waals surface area (Å²) in [5.41, 5.74) is 1.82. The van der Waals surface area contributed by atoms with Gasteiger partial charge in [-0.2, -0.15) is 0 Å².